The molecule has 0 unspecified atom stereocenters. The van der Waals surface area contributed by atoms with E-state index in [1.807, 2.05) is 19.9 Å². The average Bonchev–Trinajstić information content (AvgIpc) is 3.12. The predicted molar refractivity (Wildman–Crippen MR) is 116 cm³/mol. The van der Waals surface area contributed by atoms with Gasteiger partial charge < -0.3 is 24.1 Å². The monoisotopic (exact) mass is 432 g/mol. The molecule has 1 heterocycles. The van der Waals surface area contributed by atoms with E-state index in [-0.39, 0.29) is 36.4 Å². The Morgan fingerprint density at radius 1 is 1.26 bits per heavy atom. The van der Waals surface area contributed by atoms with Crippen LogP contribution in [0.1, 0.15) is 59.7 Å². The van der Waals surface area contributed by atoms with Crippen LogP contribution in [0.5, 0.6) is 11.5 Å². The van der Waals surface area contributed by atoms with Gasteiger partial charge in [0.25, 0.3) is 0 Å². The van der Waals surface area contributed by atoms with Gasteiger partial charge in [0.15, 0.2) is 0 Å². The first-order valence-corrected chi connectivity index (χ1v) is 10.4. The van der Waals surface area contributed by atoms with E-state index in [9.17, 15) is 14.7 Å². The molecule has 1 aliphatic heterocycles. The van der Waals surface area contributed by atoms with Crippen molar-refractivity contribution in [2.75, 3.05) is 20.3 Å². The summed E-state index contributed by atoms with van der Waals surface area (Å²) in [5.74, 6) is -0.327. The van der Waals surface area contributed by atoms with Gasteiger partial charge in [-0.2, -0.15) is 0 Å². The molecule has 1 aliphatic rings. The summed E-state index contributed by atoms with van der Waals surface area (Å²) in [6.07, 6.45) is 4.34. The van der Waals surface area contributed by atoms with E-state index in [1.54, 1.807) is 0 Å². The van der Waals surface area contributed by atoms with Crippen molar-refractivity contribution in [2.24, 2.45) is 0 Å². The van der Waals surface area contributed by atoms with Gasteiger partial charge in [-0.1, -0.05) is 11.6 Å². The number of hydrogen-bond donors (Lipinski definition) is 1. The number of esters is 2. The van der Waals surface area contributed by atoms with Crippen molar-refractivity contribution < 1.29 is 33.6 Å². The van der Waals surface area contributed by atoms with Crippen LogP contribution in [0.3, 0.4) is 0 Å². The smallest absolute Gasteiger partial charge is 0.342 e. The zero-order chi connectivity index (χ0) is 23.0. The number of ether oxygens (including phenoxy) is 4. The van der Waals surface area contributed by atoms with Gasteiger partial charge >= 0.3 is 11.9 Å². The standard InChI is InChI=1S/C24H32O7/c1-15(2)29-12-6-7-13-30-20(25)11-9-16(3)8-10-18-22(26)21-19(14-31-24(21)27)17(4)23(18)28-5/h8,15,26H,1-2,6-7,9-14H2,3-5H3/b16-8+. The largest absolute Gasteiger partial charge is 0.507 e. The van der Waals surface area contributed by atoms with E-state index in [2.05, 4.69) is 13.8 Å². The maximum Gasteiger partial charge on any atom is 0.342 e. The first kappa shape index (κ1) is 24.7. The molecule has 0 saturated heterocycles. The Hall–Kier alpha value is -2.54. The van der Waals surface area contributed by atoms with Crippen molar-refractivity contribution in [1.82, 2.24) is 0 Å². The van der Waals surface area contributed by atoms with Crippen LogP contribution in [0.25, 0.3) is 0 Å². The molecule has 1 N–H and O–H groups in total. The Kier molecular flexibility index (Phi) is 9.37. The highest BCUT2D eigenvalue weighted by Gasteiger charge is 2.31. The van der Waals surface area contributed by atoms with Crippen molar-refractivity contribution in [3.05, 3.63) is 47.8 Å². The third-order valence-electron chi connectivity index (χ3n) is 5.18. The van der Waals surface area contributed by atoms with E-state index in [1.165, 1.54) is 7.11 Å². The lowest BCUT2D eigenvalue weighted by Crippen LogP contribution is -2.08. The Labute approximate surface area is 184 Å². The fourth-order valence-corrected chi connectivity index (χ4v) is 3.42. The number of benzene rings is 1. The zero-order valence-corrected chi connectivity index (χ0v) is 18.6. The molecule has 0 bridgehead atoms. The molecule has 170 valence electrons. The van der Waals surface area contributed by atoms with E-state index < -0.39 is 5.97 Å². The Bertz CT molecular complexity index is 824. The molecule has 1 aromatic carbocycles. The number of hydrogen-bond acceptors (Lipinski definition) is 7. The Balaban J connectivity index is 1.87. The third-order valence-corrected chi connectivity index (χ3v) is 5.18. The minimum atomic E-state index is -0.521. The SMILES string of the molecule is [CH2]C([CH2])OCCCCOC(=O)CC/C(C)=C/Cc1c(O)c2c(c(C)c1OC)COC2=O. The number of cyclic esters (lactones) is 1. The summed E-state index contributed by atoms with van der Waals surface area (Å²) >= 11 is 0. The van der Waals surface area contributed by atoms with E-state index >= 15 is 0 Å². The quantitative estimate of drug-likeness (QED) is 0.303. The molecule has 0 aliphatic carbocycles. The summed E-state index contributed by atoms with van der Waals surface area (Å²) in [6.45, 7) is 12.1. The number of methoxy groups -OCH3 is 1. The zero-order valence-electron chi connectivity index (χ0n) is 18.6. The van der Waals surface area contributed by atoms with Crippen molar-refractivity contribution in [3.63, 3.8) is 0 Å². The lowest BCUT2D eigenvalue weighted by molar-refractivity contribution is -0.143. The highest BCUT2D eigenvalue weighted by molar-refractivity contribution is 5.98. The topological polar surface area (TPSA) is 91.3 Å². The van der Waals surface area contributed by atoms with Gasteiger partial charge in [0.05, 0.1) is 19.8 Å². The maximum absolute atomic E-state index is 12.0. The Morgan fingerprint density at radius 2 is 1.97 bits per heavy atom. The Morgan fingerprint density at radius 3 is 2.65 bits per heavy atom. The molecule has 1 aromatic rings. The summed E-state index contributed by atoms with van der Waals surface area (Å²) in [6, 6.07) is 0. The average molecular weight is 433 g/mol. The lowest BCUT2D eigenvalue weighted by Gasteiger charge is -2.15. The van der Waals surface area contributed by atoms with Crippen molar-refractivity contribution in [2.45, 2.75) is 58.7 Å². The first-order valence-electron chi connectivity index (χ1n) is 10.4. The van der Waals surface area contributed by atoms with E-state index in [4.69, 9.17) is 18.9 Å². The summed E-state index contributed by atoms with van der Waals surface area (Å²) in [4.78, 5) is 23.9. The fourth-order valence-electron chi connectivity index (χ4n) is 3.42. The number of fused-ring (bicyclic) bond motifs is 1. The third kappa shape index (κ3) is 6.72. The number of carbonyl (C=O) groups is 2. The summed E-state index contributed by atoms with van der Waals surface area (Å²) in [5.41, 5.74) is 3.18. The van der Waals surface area contributed by atoms with Gasteiger partial charge in [0.1, 0.15) is 23.7 Å². The molecule has 2 rings (SSSR count). The molecular weight excluding hydrogens is 400 g/mol. The summed E-state index contributed by atoms with van der Waals surface area (Å²) in [7, 11) is 1.53. The van der Waals surface area contributed by atoms with Crippen LogP contribution in [0, 0.1) is 20.8 Å². The number of allylic oxidation sites excluding steroid dienone is 2. The van der Waals surface area contributed by atoms with Gasteiger partial charge in [-0.15, -0.1) is 0 Å². The van der Waals surface area contributed by atoms with Crippen LogP contribution < -0.4 is 4.74 Å². The number of phenols is 1. The molecule has 2 radical (unpaired) electrons. The molecule has 0 spiro atoms. The van der Waals surface area contributed by atoms with Crippen LogP contribution in [0.15, 0.2) is 11.6 Å². The molecule has 0 aromatic heterocycles. The molecule has 7 nitrogen and oxygen atoms in total. The minimum Gasteiger partial charge on any atom is -0.507 e. The first-order chi connectivity index (χ1) is 14.8. The van der Waals surface area contributed by atoms with Gasteiger partial charge in [0, 0.05) is 24.2 Å². The molecule has 0 fully saturated rings. The van der Waals surface area contributed by atoms with Crippen molar-refractivity contribution >= 4 is 11.9 Å². The highest BCUT2D eigenvalue weighted by atomic mass is 16.5. The fraction of sp³-hybridized carbons (Fsp3) is 0.500. The van der Waals surface area contributed by atoms with E-state index in [0.29, 0.717) is 42.9 Å². The minimum absolute atomic E-state index is 0.101. The molecule has 0 amide bonds. The number of aromatic hydroxyl groups is 1. The molecular formula is C24H32O7. The van der Waals surface area contributed by atoms with Crippen LogP contribution in [0.4, 0.5) is 0 Å². The van der Waals surface area contributed by atoms with Gasteiger partial charge in [-0.25, -0.2) is 4.79 Å². The van der Waals surface area contributed by atoms with E-state index in [0.717, 1.165) is 24.0 Å². The van der Waals surface area contributed by atoms with Gasteiger partial charge in [-0.05, 0) is 58.9 Å². The molecule has 31 heavy (non-hydrogen) atoms. The predicted octanol–water partition coefficient (Wildman–Crippen LogP) is 4.03. The summed E-state index contributed by atoms with van der Waals surface area (Å²) in [5, 5.41) is 10.6. The maximum atomic E-state index is 12.0. The number of rotatable bonds is 12. The lowest BCUT2D eigenvalue weighted by atomic mass is 9.94. The molecule has 0 atom stereocenters. The second-order valence-corrected chi connectivity index (χ2v) is 7.59. The van der Waals surface area contributed by atoms with Crippen LogP contribution >= 0.6 is 0 Å². The van der Waals surface area contributed by atoms with Crippen molar-refractivity contribution in [1.29, 1.82) is 0 Å². The number of phenolic OH excluding ortho intramolecular Hbond substituents is 1. The van der Waals surface area contributed by atoms with Gasteiger partial charge in [-0.3, -0.25) is 4.79 Å². The second-order valence-electron chi connectivity index (χ2n) is 7.59. The van der Waals surface area contributed by atoms with Crippen LogP contribution in [-0.4, -0.2) is 43.5 Å². The van der Waals surface area contributed by atoms with Crippen LogP contribution in [0.2, 0.25) is 0 Å². The van der Waals surface area contributed by atoms with Gasteiger partial charge in [0.2, 0.25) is 0 Å². The number of carbonyl (C=O) groups excluding carboxylic acids is 2. The number of unbranched alkanes of at least 4 members (excludes halogenated alkanes) is 1. The second kappa shape index (κ2) is 11.7. The summed E-state index contributed by atoms with van der Waals surface area (Å²) < 4.78 is 21.0. The highest BCUT2D eigenvalue weighted by Crippen LogP contribution is 2.42. The van der Waals surface area contributed by atoms with Crippen LogP contribution in [-0.2, 0) is 32.0 Å². The molecule has 0 saturated carbocycles. The normalized spacial score (nSPS) is 13.4. The van der Waals surface area contributed by atoms with Crippen molar-refractivity contribution in [3.8, 4) is 11.5 Å². The molecule has 7 heteroatoms.